The summed E-state index contributed by atoms with van der Waals surface area (Å²) in [6.07, 6.45) is 0. The fourth-order valence-corrected chi connectivity index (χ4v) is 3.80. The Balaban J connectivity index is 1.77. The molecule has 3 amide bonds. The number of amides is 3. The van der Waals surface area contributed by atoms with Gasteiger partial charge in [0.05, 0.1) is 5.52 Å². The SMILES string of the molecule is COCOc1c(C(=O)N(C)c2ccccc2)c(=O)n(C)c2ccc(NC(=O)Nc3ccccc3)cc12. The fraction of sp³-hybridized carbons (Fsp3) is 0.148. The molecule has 0 atom stereocenters. The standard InChI is InChI=1S/C27H26N4O5/c1-30(20-12-8-5-9-13-20)25(32)23-24(36-17-35-3)21-16-19(14-15-22(21)31(2)26(23)33)29-27(34)28-18-10-6-4-7-11-18/h4-16H,17H2,1-3H3,(H2,28,29,34). The van der Waals surface area contributed by atoms with Gasteiger partial charge in [0.2, 0.25) is 0 Å². The lowest BCUT2D eigenvalue weighted by molar-refractivity contribution is 0.0511. The Bertz CT molecular complexity index is 1450. The smallest absolute Gasteiger partial charge is 0.323 e. The lowest BCUT2D eigenvalue weighted by Crippen LogP contribution is -2.35. The number of urea groups is 1. The predicted octanol–water partition coefficient (Wildman–Crippen LogP) is 4.44. The molecule has 1 aromatic heterocycles. The van der Waals surface area contributed by atoms with Crippen LogP contribution in [0.4, 0.5) is 21.9 Å². The van der Waals surface area contributed by atoms with Crippen molar-refractivity contribution in [2.75, 3.05) is 36.5 Å². The number of hydrogen-bond donors (Lipinski definition) is 2. The zero-order valence-electron chi connectivity index (χ0n) is 20.1. The molecule has 0 spiro atoms. The van der Waals surface area contributed by atoms with Gasteiger partial charge < -0.3 is 29.6 Å². The van der Waals surface area contributed by atoms with Gasteiger partial charge in [-0.3, -0.25) is 9.59 Å². The second-order valence-corrected chi connectivity index (χ2v) is 8.00. The van der Waals surface area contributed by atoms with Gasteiger partial charge in [0.1, 0.15) is 11.3 Å². The van der Waals surface area contributed by atoms with E-state index in [1.165, 1.54) is 16.6 Å². The average Bonchev–Trinajstić information content (AvgIpc) is 2.90. The number of ether oxygens (including phenoxy) is 2. The monoisotopic (exact) mass is 486 g/mol. The number of nitrogens with zero attached hydrogens (tertiary/aromatic N) is 2. The Morgan fingerprint density at radius 2 is 1.56 bits per heavy atom. The first-order chi connectivity index (χ1) is 17.4. The predicted molar refractivity (Wildman–Crippen MR) is 140 cm³/mol. The Morgan fingerprint density at radius 3 is 2.22 bits per heavy atom. The van der Waals surface area contributed by atoms with Crippen molar-refractivity contribution in [3.05, 3.63) is 94.8 Å². The normalized spacial score (nSPS) is 10.6. The van der Waals surface area contributed by atoms with Gasteiger partial charge in [-0.1, -0.05) is 36.4 Å². The molecule has 0 unspecified atom stereocenters. The highest BCUT2D eigenvalue weighted by Crippen LogP contribution is 2.31. The minimum Gasteiger partial charge on any atom is -0.466 e. The zero-order valence-corrected chi connectivity index (χ0v) is 20.1. The Hall–Kier alpha value is -4.63. The third-order valence-electron chi connectivity index (χ3n) is 5.62. The van der Waals surface area contributed by atoms with E-state index in [0.29, 0.717) is 28.0 Å². The number of anilines is 3. The molecule has 1 heterocycles. The lowest BCUT2D eigenvalue weighted by atomic mass is 10.1. The highest BCUT2D eigenvalue weighted by atomic mass is 16.7. The van der Waals surface area contributed by atoms with Gasteiger partial charge >= 0.3 is 6.03 Å². The molecule has 9 heteroatoms. The molecule has 0 fully saturated rings. The second-order valence-electron chi connectivity index (χ2n) is 8.00. The van der Waals surface area contributed by atoms with Gasteiger partial charge in [0.25, 0.3) is 11.5 Å². The molecule has 2 N–H and O–H groups in total. The molecule has 0 aliphatic carbocycles. The summed E-state index contributed by atoms with van der Waals surface area (Å²) in [5.41, 5.74) is 1.59. The fourth-order valence-electron chi connectivity index (χ4n) is 3.80. The van der Waals surface area contributed by atoms with Crippen molar-refractivity contribution in [2.24, 2.45) is 7.05 Å². The summed E-state index contributed by atoms with van der Waals surface area (Å²) in [4.78, 5) is 40.8. The number of para-hydroxylation sites is 2. The summed E-state index contributed by atoms with van der Waals surface area (Å²) in [7, 11) is 4.62. The zero-order chi connectivity index (χ0) is 25.7. The maximum absolute atomic E-state index is 13.5. The maximum atomic E-state index is 13.5. The topological polar surface area (TPSA) is 102 Å². The number of fused-ring (bicyclic) bond motifs is 1. The molecule has 4 aromatic rings. The van der Waals surface area contributed by atoms with Crippen LogP contribution in [0.2, 0.25) is 0 Å². The molecule has 3 aromatic carbocycles. The van der Waals surface area contributed by atoms with Crippen molar-refractivity contribution >= 4 is 39.9 Å². The summed E-state index contributed by atoms with van der Waals surface area (Å²) < 4.78 is 12.2. The van der Waals surface area contributed by atoms with E-state index in [1.54, 1.807) is 68.7 Å². The number of carbonyl (C=O) groups excluding carboxylic acids is 2. The van der Waals surface area contributed by atoms with Crippen LogP contribution < -0.4 is 25.8 Å². The van der Waals surface area contributed by atoms with E-state index in [1.807, 2.05) is 24.3 Å². The molecule has 9 nitrogen and oxygen atoms in total. The number of hydrogen-bond acceptors (Lipinski definition) is 5. The quantitative estimate of drug-likeness (QED) is 0.376. The molecule has 36 heavy (non-hydrogen) atoms. The van der Waals surface area contributed by atoms with E-state index in [-0.39, 0.29) is 18.1 Å². The number of aryl methyl sites for hydroxylation is 1. The van der Waals surface area contributed by atoms with Crippen LogP contribution in [0, 0.1) is 0 Å². The van der Waals surface area contributed by atoms with Crippen LogP contribution in [0.3, 0.4) is 0 Å². The number of pyridine rings is 1. The number of carbonyl (C=O) groups is 2. The average molecular weight is 487 g/mol. The van der Waals surface area contributed by atoms with Gasteiger partial charge in [0, 0.05) is 43.7 Å². The van der Waals surface area contributed by atoms with Gasteiger partial charge in [-0.15, -0.1) is 0 Å². The molecule has 0 saturated carbocycles. The molecule has 4 rings (SSSR count). The van der Waals surface area contributed by atoms with Crippen molar-refractivity contribution in [3.63, 3.8) is 0 Å². The van der Waals surface area contributed by atoms with Crippen LogP contribution in [0.1, 0.15) is 10.4 Å². The lowest BCUT2D eigenvalue weighted by Gasteiger charge is -2.21. The van der Waals surface area contributed by atoms with Crippen molar-refractivity contribution in [1.82, 2.24) is 4.57 Å². The Morgan fingerprint density at radius 1 is 0.917 bits per heavy atom. The van der Waals surface area contributed by atoms with E-state index in [0.717, 1.165) is 0 Å². The number of methoxy groups -OCH3 is 1. The number of rotatable bonds is 7. The van der Waals surface area contributed by atoms with Gasteiger partial charge in [-0.25, -0.2) is 4.79 Å². The molecule has 184 valence electrons. The van der Waals surface area contributed by atoms with E-state index in [9.17, 15) is 14.4 Å². The largest absolute Gasteiger partial charge is 0.466 e. The van der Waals surface area contributed by atoms with Crippen LogP contribution in [0.5, 0.6) is 5.75 Å². The van der Waals surface area contributed by atoms with Crippen molar-refractivity contribution < 1.29 is 19.1 Å². The highest BCUT2D eigenvalue weighted by Gasteiger charge is 2.26. The Labute approximate surface area is 207 Å². The van der Waals surface area contributed by atoms with Gasteiger partial charge in [-0.05, 0) is 42.5 Å². The Kier molecular flexibility index (Phi) is 7.31. The minimum atomic E-state index is -0.532. The molecule has 0 aliphatic rings. The summed E-state index contributed by atoms with van der Waals surface area (Å²) in [5, 5.41) is 6.00. The van der Waals surface area contributed by atoms with Crippen LogP contribution >= 0.6 is 0 Å². The minimum absolute atomic E-state index is 0.0786. The summed E-state index contributed by atoms with van der Waals surface area (Å²) in [6, 6.07) is 22.6. The van der Waals surface area contributed by atoms with E-state index < -0.39 is 17.5 Å². The van der Waals surface area contributed by atoms with E-state index in [4.69, 9.17) is 9.47 Å². The second kappa shape index (κ2) is 10.7. The first-order valence-corrected chi connectivity index (χ1v) is 11.2. The van der Waals surface area contributed by atoms with E-state index in [2.05, 4.69) is 10.6 Å². The number of nitrogens with one attached hydrogen (secondary N) is 2. The molecular formula is C27H26N4O5. The number of benzene rings is 3. The van der Waals surface area contributed by atoms with Crippen molar-refractivity contribution in [3.8, 4) is 5.75 Å². The van der Waals surface area contributed by atoms with Crippen LogP contribution in [-0.4, -0.2) is 37.5 Å². The summed E-state index contributed by atoms with van der Waals surface area (Å²) in [5.74, 6) is -0.454. The van der Waals surface area contributed by atoms with Gasteiger partial charge in [-0.2, -0.15) is 0 Å². The van der Waals surface area contributed by atoms with Crippen molar-refractivity contribution in [1.29, 1.82) is 0 Å². The molecule has 0 bridgehead atoms. The van der Waals surface area contributed by atoms with E-state index >= 15 is 0 Å². The van der Waals surface area contributed by atoms with Crippen LogP contribution in [0.25, 0.3) is 10.9 Å². The third kappa shape index (κ3) is 5.06. The van der Waals surface area contributed by atoms with Crippen LogP contribution in [0.15, 0.2) is 83.7 Å². The van der Waals surface area contributed by atoms with Crippen molar-refractivity contribution in [2.45, 2.75) is 0 Å². The molecule has 0 aliphatic heterocycles. The molecule has 0 radical (unpaired) electrons. The van der Waals surface area contributed by atoms with Gasteiger partial charge in [0.15, 0.2) is 6.79 Å². The van der Waals surface area contributed by atoms with Crippen LogP contribution in [-0.2, 0) is 11.8 Å². The first-order valence-electron chi connectivity index (χ1n) is 11.2. The maximum Gasteiger partial charge on any atom is 0.323 e. The number of aromatic nitrogens is 1. The summed E-state index contributed by atoms with van der Waals surface area (Å²) in [6.45, 7) is -0.177. The first kappa shape index (κ1) is 24.5. The highest BCUT2D eigenvalue weighted by molar-refractivity contribution is 6.11. The third-order valence-corrected chi connectivity index (χ3v) is 5.62. The molecule has 0 saturated heterocycles. The molecular weight excluding hydrogens is 460 g/mol. The summed E-state index contributed by atoms with van der Waals surface area (Å²) >= 11 is 0.